The Kier molecular flexibility index (Phi) is 4.02. The fourth-order valence-electron chi connectivity index (χ4n) is 1.81. The molecule has 0 aromatic carbocycles. The molecule has 1 aliphatic heterocycles. The molecule has 3 atom stereocenters. The number of amides is 2. The van der Waals surface area contributed by atoms with Crippen LogP contribution in [0, 0.1) is 0 Å². The van der Waals surface area contributed by atoms with Gasteiger partial charge in [0.1, 0.15) is 6.04 Å². The van der Waals surface area contributed by atoms with Crippen molar-refractivity contribution in [2.75, 3.05) is 6.54 Å². The van der Waals surface area contributed by atoms with Crippen LogP contribution in [0.1, 0.15) is 12.8 Å². The van der Waals surface area contributed by atoms with Gasteiger partial charge in [-0.1, -0.05) is 0 Å². The molecule has 17 heavy (non-hydrogen) atoms. The number of β-amino-alcohol motifs (C(OH)–C–C–N with tert-alkyl or cyclic N) is 1. The summed E-state index contributed by atoms with van der Waals surface area (Å²) in [6, 6.07) is -2.27. The number of carboxylic acids is 1. The minimum atomic E-state index is -1.21. The monoisotopic (exact) mass is 245 g/mol. The first-order valence-corrected chi connectivity index (χ1v) is 5.08. The largest absolute Gasteiger partial charge is 0.480 e. The molecular formula is C9H15N3O5. The summed E-state index contributed by atoms with van der Waals surface area (Å²) in [6.07, 6.45) is -1.27. The van der Waals surface area contributed by atoms with Crippen molar-refractivity contribution in [3.8, 4) is 0 Å². The Hall–Kier alpha value is -1.67. The number of carbonyl (C=O) groups is 3. The summed E-state index contributed by atoms with van der Waals surface area (Å²) in [5, 5.41) is 18.2. The maximum atomic E-state index is 11.8. The first-order chi connectivity index (χ1) is 7.82. The van der Waals surface area contributed by atoms with Gasteiger partial charge in [-0.2, -0.15) is 0 Å². The van der Waals surface area contributed by atoms with E-state index in [1.165, 1.54) is 0 Å². The molecule has 96 valence electrons. The highest BCUT2D eigenvalue weighted by Gasteiger charge is 2.40. The Balaban J connectivity index is 2.73. The minimum Gasteiger partial charge on any atom is -0.480 e. The first kappa shape index (κ1) is 13.4. The molecule has 0 spiro atoms. The quantitative estimate of drug-likeness (QED) is 0.421. The van der Waals surface area contributed by atoms with Crippen LogP contribution in [-0.4, -0.2) is 57.6 Å². The van der Waals surface area contributed by atoms with Gasteiger partial charge in [-0.25, -0.2) is 4.79 Å². The van der Waals surface area contributed by atoms with E-state index in [0.717, 1.165) is 4.90 Å². The number of likely N-dealkylation sites (tertiary alicyclic amines) is 1. The van der Waals surface area contributed by atoms with Gasteiger partial charge < -0.3 is 26.6 Å². The number of nitrogens with zero attached hydrogens (tertiary/aromatic N) is 1. The molecule has 0 aliphatic carbocycles. The van der Waals surface area contributed by atoms with E-state index in [0.29, 0.717) is 0 Å². The van der Waals surface area contributed by atoms with Crippen LogP contribution >= 0.6 is 0 Å². The van der Waals surface area contributed by atoms with E-state index in [1.54, 1.807) is 0 Å². The molecule has 1 aliphatic rings. The Labute approximate surface area is 97.2 Å². The minimum absolute atomic E-state index is 0.0373. The molecule has 6 N–H and O–H groups in total. The number of aliphatic hydroxyl groups excluding tert-OH is 1. The average molecular weight is 245 g/mol. The number of rotatable bonds is 4. The lowest BCUT2D eigenvalue weighted by atomic mass is 10.1. The lowest BCUT2D eigenvalue weighted by Crippen LogP contribution is -2.49. The zero-order chi connectivity index (χ0) is 13.2. The van der Waals surface area contributed by atoms with Crippen molar-refractivity contribution in [1.29, 1.82) is 0 Å². The van der Waals surface area contributed by atoms with Crippen LogP contribution in [-0.2, 0) is 14.4 Å². The maximum Gasteiger partial charge on any atom is 0.326 e. The van der Waals surface area contributed by atoms with Crippen molar-refractivity contribution < 1.29 is 24.6 Å². The standard InChI is InChI=1S/C9H15N3O5/c10-5(2-7(11)14)8(15)12-3-4(13)1-6(12)9(16)17/h4-6,13H,1-3,10H2,(H2,11,14)(H,16,17)/t4?,5?,6-/m0/s1. The van der Waals surface area contributed by atoms with Crippen LogP contribution in [0.15, 0.2) is 0 Å². The summed E-state index contributed by atoms with van der Waals surface area (Å²) in [4.78, 5) is 34.2. The smallest absolute Gasteiger partial charge is 0.326 e. The van der Waals surface area contributed by atoms with Gasteiger partial charge in [0.2, 0.25) is 11.8 Å². The number of hydrogen-bond acceptors (Lipinski definition) is 5. The fraction of sp³-hybridized carbons (Fsp3) is 0.667. The van der Waals surface area contributed by atoms with Crippen LogP contribution in [0.2, 0.25) is 0 Å². The number of nitrogens with two attached hydrogens (primary N) is 2. The van der Waals surface area contributed by atoms with E-state index in [9.17, 15) is 19.5 Å². The van der Waals surface area contributed by atoms with Crippen molar-refractivity contribution in [1.82, 2.24) is 4.90 Å². The van der Waals surface area contributed by atoms with Gasteiger partial charge in [-0.3, -0.25) is 9.59 Å². The van der Waals surface area contributed by atoms with Crippen molar-refractivity contribution in [2.45, 2.75) is 31.0 Å². The van der Waals surface area contributed by atoms with Gasteiger partial charge in [0.25, 0.3) is 0 Å². The summed E-state index contributed by atoms with van der Waals surface area (Å²) in [7, 11) is 0. The highest BCUT2D eigenvalue weighted by atomic mass is 16.4. The number of aliphatic carboxylic acids is 1. The lowest BCUT2D eigenvalue weighted by molar-refractivity contribution is -0.148. The second kappa shape index (κ2) is 5.11. The topological polar surface area (TPSA) is 147 Å². The number of carboxylic acid groups (broad SMARTS) is 1. The SMILES string of the molecule is NC(=O)CC(N)C(=O)N1CC(O)C[C@H]1C(=O)O. The maximum absolute atomic E-state index is 11.8. The van der Waals surface area contributed by atoms with E-state index < -0.39 is 36.0 Å². The van der Waals surface area contributed by atoms with Crippen LogP contribution in [0.3, 0.4) is 0 Å². The molecule has 1 fully saturated rings. The molecule has 1 heterocycles. The van der Waals surface area contributed by atoms with Crippen LogP contribution in [0.5, 0.6) is 0 Å². The summed E-state index contributed by atoms with van der Waals surface area (Å²) in [6.45, 7) is -0.0950. The summed E-state index contributed by atoms with van der Waals surface area (Å²) in [5.74, 6) is -2.63. The van der Waals surface area contributed by atoms with Gasteiger partial charge in [0.05, 0.1) is 18.6 Å². The molecule has 1 saturated heterocycles. The molecule has 1 rings (SSSR count). The summed E-state index contributed by atoms with van der Waals surface area (Å²) < 4.78 is 0. The van der Waals surface area contributed by atoms with Crippen molar-refractivity contribution in [3.05, 3.63) is 0 Å². The number of carbonyl (C=O) groups excluding carboxylic acids is 2. The number of aliphatic hydroxyl groups is 1. The highest BCUT2D eigenvalue weighted by Crippen LogP contribution is 2.19. The van der Waals surface area contributed by atoms with Crippen molar-refractivity contribution >= 4 is 17.8 Å². The third kappa shape index (κ3) is 3.14. The third-order valence-electron chi connectivity index (χ3n) is 2.59. The zero-order valence-electron chi connectivity index (χ0n) is 9.07. The molecule has 8 heteroatoms. The van der Waals surface area contributed by atoms with Gasteiger partial charge in [-0.05, 0) is 0 Å². The Morgan fingerprint density at radius 1 is 1.41 bits per heavy atom. The van der Waals surface area contributed by atoms with Gasteiger partial charge in [0.15, 0.2) is 0 Å². The van der Waals surface area contributed by atoms with E-state index in [-0.39, 0.29) is 19.4 Å². The van der Waals surface area contributed by atoms with Gasteiger partial charge >= 0.3 is 5.97 Å². The molecule has 2 unspecified atom stereocenters. The zero-order valence-corrected chi connectivity index (χ0v) is 9.07. The summed E-state index contributed by atoms with van der Waals surface area (Å²) >= 11 is 0. The molecule has 2 amide bonds. The predicted molar refractivity (Wildman–Crippen MR) is 55.5 cm³/mol. The molecule has 0 aromatic rings. The van der Waals surface area contributed by atoms with Crippen LogP contribution in [0.4, 0.5) is 0 Å². The highest BCUT2D eigenvalue weighted by molar-refractivity contribution is 5.90. The molecule has 0 saturated carbocycles. The van der Waals surface area contributed by atoms with Crippen LogP contribution < -0.4 is 11.5 Å². The van der Waals surface area contributed by atoms with E-state index in [2.05, 4.69) is 0 Å². The molecule has 8 nitrogen and oxygen atoms in total. The Morgan fingerprint density at radius 3 is 2.47 bits per heavy atom. The van der Waals surface area contributed by atoms with Gasteiger partial charge in [0, 0.05) is 13.0 Å². The average Bonchev–Trinajstić information content (AvgIpc) is 2.58. The molecular weight excluding hydrogens is 230 g/mol. The predicted octanol–water partition coefficient (Wildman–Crippen LogP) is -2.76. The fourth-order valence-corrected chi connectivity index (χ4v) is 1.81. The van der Waals surface area contributed by atoms with E-state index >= 15 is 0 Å². The summed E-state index contributed by atoms with van der Waals surface area (Å²) in [5.41, 5.74) is 10.3. The lowest BCUT2D eigenvalue weighted by Gasteiger charge is -2.23. The number of hydrogen-bond donors (Lipinski definition) is 4. The van der Waals surface area contributed by atoms with E-state index in [1.807, 2.05) is 0 Å². The Bertz CT molecular complexity index is 346. The van der Waals surface area contributed by atoms with Gasteiger partial charge in [-0.15, -0.1) is 0 Å². The normalized spacial score (nSPS) is 25.6. The second-order valence-electron chi connectivity index (χ2n) is 4.01. The van der Waals surface area contributed by atoms with Crippen molar-refractivity contribution in [2.24, 2.45) is 11.5 Å². The second-order valence-corrected chi connectivity index (χ2v) is 4.01. The first-order valence-electron chi connectivity index (χ1n) is 5.08. The molecule has 0 aromatic heterocycles. The number of primary amides is 1. The van der Waals surface area contributed by atoms with Crippen molar-refractivity contribution in [3.63, 3.8) is 0 Å². The Morgan fingerprint density at radius 2 is 2.00 bits per heavy atom. The van der Waals surface area contributed by atoms with Crippen LogP contribution in [0.25, 0.3) is 0 Å². The molecule has 0 radical (unpaired) electrons. The molecule has 0 bridgehead atoms. The van der Waals surface area contributed by atoms with E-state index in [4.69, 9.17) is 16.6 Å². The third-order valence-corrected chi connectivity index (χ3v) is 2.59.